The fourth-order valence-corrected chi connectivity index (χ4v) is 3.87. The Labute approximate surface area is 229 Å². The molecule has 1 rings (SSSR count). The third kappa shape index (κ3) is 16.7. The van der Waals surface area contributed by atoms with Gasteiger partial charge in [0.25, 0.3) is 0 Å². The van der Waals surface area contributed by atoms with E-state index in [2.05, 4.69) is 82.2 Å². The molecule has 212 valence electrons. The molecule has 0 aromatic heterocycles. The first-order valence-electron chi connectivity index (χ1n) is 13.4. The highest BCUT2D eigenvalue weighted by molar-refractivity contribution is 5.87. The molecular weight excluding hydrogens is 480 g/mol. The van der Waals surface area contributed by atoms with E-state index in [1.54, 1.807) is 0 Å². The lowest BCUT2D eigenvalue weighted by atomic mass is 10.1. The number of benzene rings is 1. The van der Waals surface area contributed by atoms with Gasteiger partial charge in [0, 0.05) is 45.7 Å². The molecule has 0 saturated carbocycles. The lowest BCUT2D eigenvalue weighted by Gasteiger charge is -2.19. The summed E-state index contributed by atoms with van der Waals surface area (Å²) in [7, 11) is 6.17. The number of carbonyl (C=O) groups is 3. The summed E-state index contributed by atoms with van der Waals surface area (Å²) in [5, 5.41) is 8.56. The molecule has 0 bridgehead atoms. The summed E-state index contributed by atoms with van der Waals surface area (Å²) in [6, 6.07) is 8.70. The van der Waals surface area contributed by atoms with Gasteiger partial charge in [-0.15, -0.1) is 0 Å². The maximum absolute atomic E-state index is 12.1. The van der Waals surface area contributed by atoms with E-state index in [1.165, 1.54) is 23.3 Å². The van der Waals surface area contributed by atoms with E-state index in [4.69, 9.17) is 0 Å². The number of hydrogen-bond donors (Lipinski definition) is 3. The second-order valence-electron chi connectivity index (χ2n) is 9.75. The predicted molar refractivity (Wildman–Crippen MR) is 154 cm³/mol. The molecule has 1 aromatic rings. The second kappa shape index (κ2) is 20.0. The molecule has 0 radical (unpaired) electrons. The van der Waals surface area contributed by atoms with E-state index in [1.807, 2.05) is 7.05 Å². The van der Waals surface area contributed by atoms with Crippen LogP contribution in [0.5, 0.6) is 0 Å². The summed E-state index contributed by atoms with van der Waals surface area (Å²) < 4.78 is 0. The van der Waals surface area contributed by atoms with Crippen LogP contribution in [0, 0.1) is 0 Å². The maximum atomic E-state index is 12.1. The number of amides is 3. The van der Waals surface area contributed by atoms with Gasteiger partial charge >= 0.3 is 0 Å². The molecule has 0 aliphatic heterocycles. The van der Waals surface area contributed by atoms with Gasteiger partial charge in [-0.1, -0.05) is 37.4 Å². The van der Waals surface area contributed by atoms with E-state index < -0.39 is 0 Å². The number of nitrogens with one attached hydrogen (secondary N) is 3. The molecule has 0 heterocycles. The summed E-state index contributed by atoms with van der Waals surface area (Å²) >= 11 is 0. The van der Waals surface area contributed by atoms with E-state index in [9.17, 15) is 14.4 Å². The fourth-order valence-electron chi connectivity index (χ4n) is 3.87. The first-order chi connectivity index (χ1) is 18.2. The molecule has 1 aromatic carbocycles. The smallest absolute Gasteiger partial charge is 0.243 e. The van der Waals surface area contributed by atoms with Crippen molar-refractivity contribution in [3.8, 4) is 0 Å². The molecule has 3 N–H and O–H groups in total. The second-order valence-corrected chi connectivity index (χ2v) is 9.75. The minimum absolute atomic E-state index is 0.0709. The normalized spacial score (nSPS) is 11.0. The van der Waals surface area contributed by atoms with Crippen LogP contribution in [-0.2, 0) is 27.5 Å². The van der Waals surface area contributed by atoms with Gasteiger partial charge in [0.1, 0.15) is 0 Å². The van der Waals surface area contributed by atoms with Gasteiger partial charge in [-0.05, 0) is 83.3 Å². The van der Waals surface area contributed by atoms with Crippen LogP contribution < -0.4 is 16.0 Å². The quantitative estimate of drug-likeness (QED) is 0.166. The van der Waals surface area contributed by atoms with Gasteiger partial charge in [-0.2, -0.15) is 0 Å². The van der Waals surface area contributed by atoms with Gasteiger partial charge in [0.15, 0.2) is 0 Å². The van der Waals surface area contributed by atoms with Crippen molar-refractivity contribution in [3.63, 3.8) is 0 Å². The summed E-state index contributed by atoms with van der Waals surface area (Å²) in [4.78, 5) is 41.0. The Balaban J connectivity index is 2.14. The van der Waals surface area contributed by atoms with Crippen LogP contribution in [0.2, 0.25) is 0 Å². The number of carbonyl (C=O) groups excluding carboxylic acids is 3. The Morgan fingerprint density at radius 3 is 1.47 bits per heavy atom. The van der Waals surface area contributed by atoms with E-state index in [0.29, 0.717) is 32.6 Å². The van der Waals surface area contributed by atoms with Crippen molar-refractivity contribution in [2.75, 3.05) is 67.0 Å². The molecule has 0 saturated heterocycles. The third-order valence-electron chi connectivity index (χ3n) is 6.09. The van der Waals surface area contributed by atoms with E-state index in [0.717, 1.165) is 52.0 Å². The molecule has 0 aliphatic rings. The molecule has 0 atom stereocenters. The Kier molecular flexibility index (Phi) is 17.4. The van der Waals surface area contributed by atoms with Gasteiger partial charge in [0.05, 0.1) is 0 Å². The molecule has 9 heteroatoms. The Morgan fingerprint density at radius 2 is 1.05 bits per heavy atom. The first kappa shape index (κ1) is 33.0. The summed E-state index contributed by atoms with van der Waals surface area (Å²) in [5.74, 6) is -0.213. The monoisotopic (exact) mass is 528 g/mol. The predicted octanol–water partition coefficient (Wildman–Crippen LogP) is 1.76. The lowest BCUT2D eigenvalue weighted by molar-refractivity contribution is -0.121. The molecular formula is C29H48N6O3. The van der Waals surface area contributed by atoms with Crippen LogP contribution >= 0.6 is 0 Å². The van der Waals surface area contributed by atoms with Gasteiger partial charge in [-0.25, -0.2) is 0 Å². The highest BCUT2D eigenvalue weighted by Gasteiger charge is 2.06. The SMILES string of the molecule is C=CC(=O)NCCCN(C)CCC(=O)NCCCN(C)Cc1ccc(CN(C)CCCNC(=O)C=C)cc1. The highest BCUT2D eigenvalue weighted by Crippen LogP contribution is 2.09. The molecule has 0 fully saturated rings. The Bertz CT molecular complexity index is 858. The Hall–Kier alpha value is -3.01. The van der Waals surface area contributed by atoms with Crippen molar-refractivity contribution >= 4 is 17.7 Å². The first-order valence-corrected chi connectivity index (χ1v) is 13.4. The number of nitrogens with zero attached hydrogens (tertiary/aromatic N) is 3. The highest BCUT2D eigenvalue weighted by atomic mass is 16.2. The van der Waals surface area contributed by atoms with Crippen LogP contribution in [0.4, 0.5) is 0 Å². The van der Waals surface area contributed by atoms with E-state index >= 15 is 0 Å². The zero-order chi connectivity index (χ0) is 28.2. The van der Waals surface area contributed by atoms with Crippen molar-refractivity contribution in [1.82, 2.24) is 30.7 Å². The van der Waals surface area contributed by atoms with Gasteiger partial charge in [-0.3, -0.25) is 14.4 Å². The minimum Gasteiger partial charge on any atom is -0.356 e. The third-order valence-corrected chi connectivity index (χ3v) is 6.09. The lowest BCUT2D eigenvalue weighted by Crippen LogP contribution is -2.32. The zero-order valence-corrected chi connectivity index (χ0v) is 23.6. The van der Waals surface area contributed by atoms with Crippen molar-refractivity contribution in [2.24, 2.45) is 0 Å². The Morgan fingerprint density at radius 1 is 0.658 bits per heavy atom. The number of hydrogen-bond acceptors (Lipinski definition) is 6. The summed E-state index contributed by atoms with van der Waals surface area (Å²) in [5.41, 5.74) is 2.53. The maximum Gasteiger partial charge on any atom is 0.243 e. The molecule has 0 spiro atoms. The molecule has 38 heavy (non-hydrogen) atoms. The molecule has 0 aliphatic carbocycles. The summed E-state index contributed by atoms with van der Waals surface area (Å²) in [6.45, 7) is 13.9. The van der Waals surface area contributed by atoms with Crippen LogP contribution in [0.15, 0.2) is 49.6 Å². The summed E-state index contributed by atoms with van der Waals surface area (Å²) in [6.07, 6.45) is 5.67. The van der Waals surface area contributed by atoms with Crippen LogP contribution in [0.3, 0.4) is 0 Å². The zero-order valence-electron chi connectivity index (χ0n) is 23.6. The van der Waals surface area contributed by atoms with Crippen molar-refractivity contribution in [3.05, 3.63) is 60.7 Å². The number of rotatable bonds is 21. The van der Waals surface area contributed by atoms with Gasteiger partial charge in [0.2, 0.25) is 17.7 Å². The molecule has 3 amide bonds. The van der Waals surface area contributed by atoms with Crippen molar-refractivity contribution in [2.45, 2.75) is 38.8 Å². The average Bonchev–Trinajstić information content (AvgIpc) is 2.91. The topological polar surface area (TPSA) is 97.0 Å². The van der Waals surface area contributed by atoms with E-state index in [-0.39, 0.29) is 17.7 Å². The molecule has 0 unspecified atom stereocenters. The molecule has 9 nitrogen and oxygen atoms in total. The van der Waals surface area contributed by atoms with Crippen LogP contribution in [0.1, 0.15) is 36.8 Å². The van der Waals surface area contributed by atoms with Crippen LogP contribution in [0.25, 0.3) is 0 Å². The fraction of sp³-hybridized carbons (Fsp3) is 0.552. The largest absolute Gasteiger partial charge is 0.356 e. The average molecular weight is 529 g/mol. The van der Waals surface area contributed by atoms with Crippen LogP contribution in [-0.4, -0.2) is 99.4 Å². The van der Waals surface area contributed by atoms with Crippen molar-refractivity contribution in [1.29, 1.82) is 0 Å². The standard InChI is InChI=1S/C29H48N6O3/c1-6-27(36)30-16-8-19-33(3)22-15-29(38)32-18-10-21-35(5)24-26-13-11-25(12-14-26)23-34(4)20-9-17-31-28(37)7-2/h6-7,11-14H,1-2,8-10,15-24H2,3-5H3,(H,30,36)(H,31,37)(H,32,38). The van der Waals surface area contributed by atoms with Gasteiger partial charge < -0.3 is 30.7 Å². The minimum atomic E-state index is -0.157. The van der Waals surface area contributed by atoms with Crippen molar-refractivity contribution < 1.29 is 14.4 Å².